The van der Waals surface area contributed by atoms with Crippen molar-refractivity contribution in [3.05, 3.63) is 30.3 Å². The van der Waals surface area contributed by atoms with Crippen molar-refractivity contribution in [1.82, 2.24) is 4.90 Å². The van der Waals surface area contributed by atoms with Crippen molar-refractivity contribution in [2.24, 2.45) is 5.10 Å². The maximum atomic E-state index is 12.3. The molecule has 0 saturated carbocycles. The molecule has 1 aromatic carbocycles. The molecule has 1 aromatic rings. The molecule has 6 heteroatoms. The minimum atomic E-state index is -1.53. The van der Waals surface area contributed by atoms with E-state index in [0.717, 1.165) is 5.01 Å². The van der Waals surface area contributed by atoms with E-state index >= 15 is 0 Å². The van der Waals surface area contributed by atoms with Crippen molar-refractivity contribution in [2.75, 3.05) is 19.1 Å². The number of aldehydes is 1. The third-order valence-electron chi connectivity index (χ3n) is 2.75. The Morgan fingerprint density at radius 3 is 2.39 bits per heavy atom. The smallest absolute Gasteiger partial charge is 0.289 e. The average Bonchev–Trinajstić information content (AvgIpc) is 2.65. The Bertz CT molecular complexity index is 515. The number of carbonyl (C=O) groups excluding carboxylic acids is 2. The monoisotopic (exact) mass is 265 g/mol. The molecule has 1 aliphatic heterocycles. The molecule has 0 spiro atoms. The summed E-state index contributed by atoms with van der Waals surface area (Å²) >= 11 is 6.24. The first-order chi connectivity index (χ1) is 8.51. The van der Waals surface area contributed by atoms with Gasteiger partial charge in [-0.2, -0.15) is 10.1 Å². The lowest BCUT2D eigenvalue weighted by Crippen LogP contribution is -2.52. The number of likely N-dealkylation sites (N-methyl/N-ethyl adjacent to an activating group) is 1. The lowest BCUT2D eigenvalue weighted by atomic mass is 10.1. The summed E-state index contributed by atoms with van der Waals surface area (Å²) in [6, 6.07) is 8.84. The van der Waals surface area contributed by atoms with Gasteiger partial charge in [0, 0.05) is 0 Å². The number of hydrazone groups is 1. The minimum Gasteiger partial charge on any atom is -0.296 e. The Morgan fingerprint density at radius 2 is 1.94 bits per heavy atom. The van der Waals surface area contributed by atoms with Crippen LogP contribution < -0.4 is 5.01 Å². The number of halogens is 1. The van der Waals surface area contributed by atoms with Crippen LogP contribution in [-0.2, 0) is 9.59 Å². The van der Waals surface area contributed by atoms with Crippen LogP contribution in [0.25, 0.3) is 0 Å². The topological polar surface area (TPSA) is 53.0 Å². The number of nitrogens with zero attached hydrogens (tertiary/aromatic N) is 3. The van der Waals surface area contributed by atoms with Crippen LogP contribution in [0, 0.1) is 0 Å². The lowest BCUT2D eigenvalue weighted by molar-refractivity contribution is -0.122. The summed E-state index contributed by atoms with van der Waals surface area (Å²) in [7, 11) is 3.25. The number of benzene rings is 1. The Kier molecular flexibility index (Phi) is 3.19. The number of carbonyl (C=O) groups is 2. The average molecular weight is 266 g/mol. The Hall–Kier alpha value is -1.72. The molecule has 0 aromatic heterocycles. The van der Waals surface area contributed by atoms with Gasteiger partial charge in [-0.1, -0.05) is 29.8 Å². The van der Waals surface area contributed by atoms with Gasteiger partial charge in [0.15, 0.2) is 6.29 Å². The molecule has 2 rings (SSSR count). The molecular weight excluding hydrogens is 254 g/mol. The van der Waals surface area contributed by atoms with E-state index in [-0.39, 0.29) is 5.71 Å². The summed E-state index contributed by atoms with van der Waals surface area (Å²) < 4.78 is 0. The Morgan fingerprint density at radius 1 is 1.33 bits per heavy atom. The second kappa shape index (κ2) is 4.51. The molecule has 1 aliphatic rings. The van der Waals surface area contributed by atoms with Crippen molar-refractivity contribution in [2.45, 2.75) is 5.00 Å². The molecular formula is C12H12ClN3O2. The van der Waals surface area contributed by atoms with Gasteiger partial charge < -0.3 is 0 Å². The van der Waals surface area contributed by atoms with E-state index in [2.05, 4.69) is 5.10 Å². The zero-order valence-corrected chi connectivity index (χ0v) is 10.8. The predicted octanol–water partition coefficient (Wildman–Crippen LogP) is 1.08. The van der Waals surface area contributed by atoms with Crippen molar-refractivity contribution >= 4 is 35.2 Å². The van der Waals surface area contributed by atoms with Crippen molar-refractivity contribution in [3.63, 3.8) is 0 Å². The van der Waals surface area contributed by atoms with Crippen LogP contribution in [0.5, 0.6) is 0 Å². The van der Waals surface area contributed by atoms with Crippen molar-refractivity contribution < 1.29 is 9.59 Å². The molecule has 1 unspecified atom stereocenters. The Labute approximate surface area is 110 Å². The highest BCUT2D eigenvalue weighted by molar-refractivity contribution is 6.59. The highest BCUT2D eigenvalue weighted by Gasteiger charge is 2.52. The first-order valence-corrected chi connectivity index (χ1v) is 5.69. The molecule has 0 aliphatic carbocycles. The second-order valence-electron chi connectivity index (χ2n) is 4.07. The first kappa shape index (κ1) is 12.7. The minimum absolute atomic E-state index is 0.0111. The van der Waals surface area contributed by atoms with Gasteiger partial charge in [-0.05, 0) is 26.2 Å². The number of hydrogen-bond donors (Lipinski definition) is 0. The zero-order chi connectivity index (χ0) is 13.3. The van der Waals surface area contributed by atoms with Gasteiger partial charge in [0.25, 0.3) is 5.91 Å². The zero-order valence-electron chi connectivity index (χ0n) is 10.0. The van der Waals surface area contributed by atoms with Crippen molar-refractivity contribution in [1.29, 1.82) is 0 Å². The molecule has 94 valence electrons. The molecule has 0 fully saturated rings. The van der Waals surface area contributed by atoms with E-state index in [0.29, 0.717) is 12.0 Å². The number of rotatable bonds is 3. The quantitative estimate of drug-likeness (QED) is 0.467. The summed E-state index contributed by atoms with van der Waals surface area (Å²) in [4.78, 5) is 23.3. The van der Waals surface area contributed by atoms with Gasteiger partial charge in [-0.25, -0.2) is 0 Å². The number of hydrogen-bond acceptors (Lipinski definition) is 4. The van der Waals surface area contributed by atoms with Crippen LogP contribution in [0.15, 0.2) is 35.4 Å². The molecule has 1 heterocycles. The van der Waals surface area contributed by atoms with Crippen LogP contribution in [0.4, 0.5) is 5.69 Å². The van der Waals surface area contributed by atoms with Crippen LogP contribution in [0.1, 0.15) is 0 Å². The van der Waals surface area contributed by atoms with Crippen LogP contribution in [0.2, 0.25) is 0 Å². The van der Waals surface area contributed by atoms with Gasteiger partial charge in [-0.15, -0.1) is 0 Å². The summed E-state index contributed by atoms with van der Waals surface area (Å²) in [5, 5.41) is 5.14. The fourth-order valence-electron chi connectivity index (χ4n) is 1.74. The first-order valence-electron chi connectivity index (χ1n) is 5.32. The van der Waals surface area contributed by atoms with Crippen LogP contribution >= 0.6 is 11.6 Å². The molecule has 0 radical (unpaired) electrons. The normalized spacial score (nSPS) is 23.4. The largest absolute Gasteiger partial charge is 0.296 e. The van der Waals surface area contributed by atoms with E-state index in [4.69, 9.17) is 11.6 Å². The Balaban J connectivity index is 2.47. The molecule has 0 N–H and O–H groups in total. The number of anilines is 1. The van der Waals surface area contributed by atoms with E-state index in [1.54, 1.807) is 38.4 Å². The fourth-order valence-corrected chi connectivity index (χ4v) is 1.90. The third kappa shape index (κ3) is 1.72. The summed E-state index contributed by atoms with van der Waals surface area (Å²) in [5.41, 5.74) is 0.564. The molecule has 1 atom stereocenters. The fraction of sp³-hybridized carbons (Fsp3) is 0.250. The molecule has 1 amide bonds. The lowest BCUT2D eigenvalue weighted by Gasteiger charge is -2.27. The summed E-state index contributed by atoms with van der Waals surface area (Å²) in [5.74, 6) is -0.456. The van der Waals surface area contributed by atoms with Gasteiger partial charge >= 0.3 is 0 Å². The van der Waals surface area contributed by atoms with E-state index in [1.165, 1.54) is 4.90 Å². The standard InChI is InChI=1S/C12H12ClN3O2/c1-15(2)12(13)10(8-17)14-16(11(12)18)9-6-4-3-5-7-9/h3-8H,1-2H3. The summed E-state index contributed by atoms with van der Waals surface area (Å²) in [6.07, 6.45) is 0.508. The molecule has 0 saturated heterocycles. The van der Waals surface area contributed by atoms with Gasteiger partial charge in [0.05, 0.1) is 5.69 Å². The van der Waals surface area contributed by atoms with Gasteiger partial charge in [0.2, 0.25) is 5.00 Å². The van der Waals surface area contributed by atoms with Crippen LogP contribution in [-0.4, -0.2) is 41.9 Å². The van der Waals surface area contributed by atoms with E-state index in [9.17, 15) is 9.59 Å². The van der Waals surface area contributed by atoms with Crippen molar-refractivity contribution in [3.8, 4) is 0 Å². The molecule has 5 nitrogen and oxygen atoms in total. The predicted molar refractivity (Wildman–Crippen MR) is 69.7 cm³/mol. The van der Waals surface area contributed by atoms with Crippen LogP contribution in [0.3, 0.4) is 0 Å². The maximum absolute atomic E-state index is 12.3. The third-order valence-corrected chi connectivity index (χ3v) is 3.44. The molecule has 0 bridgehead atoms. The number of alkyl halides is 1. The SMILES string of the molecule is CN(C)C1(Cl)C(=O)N(c2ccccc2)N=C1C=O. The highest BCUT2D eigenvalue weighted by atomic mass is 35.5. The highest BCUT2D eigenvalue weighted by Crippen LogP contribution is 2.32. The van der Waals surface area contributed by atoms with Gasteiger partial charge in [-0.3, -0.25) is 14.5 Å². The van der Waals surface area contributed by atoms with E-state index < -0.39 is 10.9 Å². The maximum Gasteiger partial charge on any atom is 0.289 e. The van der Waals surface area contributed by atoms with E-state index in [1.807, 2.05) is 6.07 Å². The summed E-state index contributed by atoms with van der Waals surface area (Å²) in [6.45, 7) is 0. The molecule has 18 heavy (non-hydrogen) atoms. The number of para-hydroxylation sites is 1. The van der Waals surface area contributed by atoms with Gasteiger partial charge in [0.1, 0.15) is 5.71 Å². The second-order valence-corrected chi connectivity index (χ2v) is 4.62. The number of amides is 1.